The molecule has 1 aliphatic rings. The summed E-state index contributed by atoms with van der Waals surface area (Å²) in [6.07, 6.45) is 3.55. The fourth-order valence-electron chi connectivity index (χ4n) is 2.90. The monoisotopic (exact) mass is 356 g/mol. The Bertz CT molecular complexity index is 402. The van der Waals surface area contributed by atoms with Gasteiger partial charge in [0.05, 0.1) is 19.8 Å². The van der Waals surface area contributed by atoms with Crippen molar-refractivity contribution in [1.29, 1.82) is 0 Å². The van der Waals surface area contributed by atoms with Gasteiger partial charge in [-0.2, -0.15) is 0 Å². The van der Waals surface area contributed by atoms with Crippen LogP contribution in [-0.4, -0.2) is 76.4 Å². The number of aliphatic imine (C=N–C) groups is 1. The van der Waals surface area contributed by atoms with Gasteiger partial charge in [0.1, 0.15) is 0 Å². The van der Waals surface area contributed by atoms with Crippen LogP contribution in [0, 0.1) is 5.92 Å². The number of hydrogen-bond acceptors (Lipinski definition) is 5. The Balaban J connectivity index is 2.14. The molecule has 0 aromatic rings. The van der Waals surface area contributed by atoms with Gasteiger partial charge in [-0.25, -0.2) is 0 Å². The van der Waals surface area contributed by atoms with Crippen LogP contribution in [0.1, 0.15) is 39.5 Å². The largest absolute Gasteiger partial charge is 0.469 e. The van der Waals surface area contributed by atoms with Gasteiger partial charge in [0.25, 0.3) is 0 Å². The van der Waals surface area contributed by atoms with Crippen LogP contribution in [0.4, 0.5) is 0 Å². The molecule has 0 bridgehead atoms. The van der Waals surface area contributed by atoms with Gasteiger partial charge in [-0.05, 0) is 18.8 Å². The molecule has 1 saturated heterocycles. The first-order chi connectivity index (χ1) is 12.0. The number of unbranched alkanes of at least 4 members (excludes halogenated alkanes) is 2. The van der Waals surface area contributed by atoms with E-state index in [4.69, 9.17) is 4.74 Å². The van der Waals surface area contributed by atoms with Crippen molar-refractivity contribution in [2.75, 3.05) is 53.5 Å². The number of ether oxygens (including phenoxy) is 2. The third-order valence-electron chi connectivity index (χ3n) is 4.14. The van der Waals surface area contributed by atoms with E-state index in [1.165, 1.54) is 7.11 Å². The van der Waals surface area contributed by atoms with Crippen LogP contribution in [0.3, 0.4) is 0 Å². The van der Waals surface area contributed by atoms with E-state index in [0.717, 1.165) is 64.6 Å². The molecule has 7 heteroatoms. The molecule has 2 N–H and O–H groups in total. The summed E-state index contributed by atoms with van der Waals surface area (Å²) in [5.41, 5.74) is 0. The number of nitrogens with zero attached hydrogens (tertiary/aromatic N) is 2. The zero-order valence-corrected chi connectivity index (χ0v) is 16.3. The van der Waals surface area contributed by atoms with E-state index in [9.17, 15) is 4.79 Å². The number of hydrogen-bond donors (Lipinski definition) is 2. The maximum Gasteiger partial charge on any atom is 0.305 e. The Labute approximate surface area is 152 Å². The minimum atomic E-state index is -0.135. The smallest absolute Gasteiger partial charge is 0.305 e. The van der Waals surface area contributed by atoms with E-state index in [2.05, 4.69) is 39.1 Å². The van der Waals surface area contributed by atoms with Crippen LogP contribution in [0.5, 0.6) is 0 Å². The summed E-state index contributed by atoms with van der Waals surface area (Å²) in [6, 6.07) is 0. The summed E-state index contributed by atoms with van der Waals surface area (Å²) in [7, 11) is 3.21. The molecular formula is C18H36N4O3. The predicted molar refractivity (Wildman–Crippen MR) is 101 cm³/mol. The highest BCUT2D eigenvalue weighted by atomic mass is 16.5. The number of rotatable bonds is 10. The SMILES string of the molecule is CN=C(NCCCCCC(=O)OC)NCC1CN(CC(C)C)CCO1. The second-order valence-corrected chi connectivity index (χ2v) is 6.91. The summed E-state index contributed by atoms with van der Waals surface area (Å²) in [5, 5.41) is 6.65. The molecule has 0 saturated carbocycles. The Morgan fingerprint density at radius 3 is 2.80 bits per heavy atom. The average Bonchev–Trinajstić information content (AvgIpc) is 2.60. The van der Waals surface area contributed by atoms with Gasteiger partial charge in [-0.1, -0.05) is 20.3 Å². The molecule has 0 amide bonds. The summed E-state index contributed by atoms with van der Waals surface area (Å²) in [5.74, 6) is 1.35. The van der Waals surface area contributed by atoms with E-state index in [0.29, 0.717) is 12.3 Å². The second-order valence-electron chi connectivity index (χ2n) is 6.91. The van der Waals surface area contributed by atoms with Crippen molar-refractivity contribution in [3.8, 4) is 0 Å². The highest BCUT2D eigenvalue weighted by Gasteiger charge is 2.20. The molecule has 0 aromatic heterocycles. The molecule has 1 fully saturated rings. The first-order valence-electron chi connectivity index (χ1n) is 9.40. The van der Waals surface area contributed by atoms with Crippen molar-refractivity contribution < 1.29 is 14.3 Å². The number of methoxy groups -OCH3 is 1. The van der Waals surface area contributed by atoms with Gasteiger partial charge in [0.15, 0.2) is 5.96 Å². The van der Waals surface area contributed by atoms with E-state index in [-0.39, 0.29) is 12.1 Å². The first kappa shape index (κ1) is 21.7. The van der Waals surface area contributed by atoms with Crippen molar-refractivity contribution in [3.63, 3.8) is 0 Å². The van der Waals surface area contributed by atoms with E-state index in [1.54, 1.807) is 7.05 Å². The van der Waals surface area contributed by atoms with Crippen LogP contribution >= 0.6 is 0 Å². The zero-order valence-electron chi connectivity index (χ0n) is 16.3. The number of esters is 1. The number of carbonyl (C=O) groups excluding carboxylic acids is 1. The highest BCUT2D eigenvalue weighted by molar-refractivity contribution is 5.79. The molecule has 0 radical (unpaired) electrons. The van der Waals surface area contributed by atoms with Gasteiger partial charge in [0.2, 0.25) is 0 Å². The van der Waals surface area contributed by atoms with Crippen molar-refractivity contribution in [3.05, 3.63) is 0 Å². The van der Waals surface area contributed by atoms with Crippen LogP contribution in [0.2, 0.25) is 0 Å². The summed E-state index contributed by atoms with van der Waals surface area (Å²) >= 11 is 0. The predicted octanol–water partition coefficient (Wildman–Crippen LogP) is 1.24. The van der Waals surface area contributed by atoms with Gasteiger partial charge >= 0.3 is 5.97 Å². The van der Waals surface area contributed by atoms with Gasteiger partial charge in [-0.3, -0.25) is 14.7 Å². The number of nitrogens with one attached hydrogen (secondary N) is 2. The standard InChI is InChI=1S/C18H36N4O3/c1-15(2)13-22-10-11-25-16(14-22)12-21-18(19-3)20-9-7-5-6-8-17(23)24-4/h15-16H,5-14H2,1-4H3,(H2,19,20,21). The average molecular weight is 357 g/mol. The molecule has 7 nitrogen and oxygen atoms in total. The lowest BCUT2D eigenvalue weighted by Gasteiger charge is -2.34. The fourth-order valence-corrected chi connectivity index (χ4v) is 2.90. The lowest BCUT2D eigenvalue weighted by molar-refractivity contribution is -0.140. The third-order valence-corrected chi connectivity index (χ3v) is 4.14. The quantitative estimate of drug-likeness (QED) is 0.265. The van der Waals surface area contributed by atoms with Crippen molar-refractivity contribution in [2.45, 2.75) is 45.6 Å². The topological polar surface area (TPSA) is 75.2 Å². The number of guanidine groups is 1. The fraction of sp³-hybridized carbons (Fsp3) is 0.889. The lowest BCUT2D eigenvalue weighted by atomic mass is 10.2. The lowest BCUT2D eigenvalue weighted by Crippen LogP contribution is -2.50. The molecule has 25 heavy (non-hydrogen) atoms. The van der Waals surface area contributed by atoms with Crippen LogP contribution in [-0.2, 0) is 14.3 Å². The van der Waals surface area contributed by atoms with Gasteiger partial charge < -0.3 is 20.1 Å². The molecule has 1 atom stereocenters. The Morgan fingerprint density at radius 1 is 1.32 bits per heavy atom. The highest BCUT2D eigenvalue weighted by Crippen LogP contribution is 2.07. The molecule has 1 unspecified atom stereocenters. The van der Waals surface area contributed by atoms with Crippen molar-refractivity contribution in [2.24, 2.45) is 10.9 Å². The minimum absolute atomic E-state index is 0.135. The Morgan fingerprint density at radius 2 is 2.12 bits per heavy atom. The van der Waals surface area contributed by atoms with Crippen molar-refractivity contribution in [1.82, 2.24) is 15.5 Å². The summed E-state index contributed by atoms with van der Waals surface area (Å²) in [4.78, 5) is 17.8. The van der Waals surface area contributed by atoms with E-state index in [1.807, 2.05) is 0 Å². The molecular weight excluding hydrogens is 320 g/mol. The van der Waals surface area contributed by atoms with E-state index < -0.39 is 0 Å². The molecule has 146 valence electrons. The first-order valence-corrected chi connectivity index (χ1v) is 9.40. The maximum absolute atomic E-state index is 11.0. The third kappa shape index (κ3) is 10.3. The van der Waals surface area contributed by atoms with Crippen LogP contribution in [0.15, 0.2) is 4.99 Å². The van der Waals surface area contributed by atoms with Gasteiger partial charge in [-0.15, -0.1) is 0 Å². The molecule has 1 rings (SSSR count). The summed E-state index contributed by atoms with van der Waals surface area (Å²) in [6.45, 7) is 10.0. The zero-order chi connectivity index (χ0) is 18.5. The molecule has 0 aromatic carbocycles. The Hall–Kier alpha value is -1.34. The van der Waals surface area contributed by atoms with Gasteiger partial charge in [0, 0.05) is 46.2 Å². The second kappa shape index (κ2) is 12.9. The minimum Gasteiger partial charge on any atom is -0.469 e. The number of carbonyl (C=O) groups is 1. The molecule has 0 spiro atoms. The molecule has 1 aliphatic heterocycles. The van der Waals surface area contributed by atoms with Crippen LogP contribution < -0.4 is 10.6 Å². The molecule has 0 aliphatic carbocycles. The van der Waals surface area contributed by atoms with E-state index >= 15 is 0 Å². The Kier molecular flexibility index (Phi) is 11.2. The van der Waals surface area contributed by atoms with Crippen molar-refractivity contribution >= 4 is 11.9 Å². The maximum atomic E-state index is 11.0. The van der Waals surface area contributed by atoms with Crippen LogP contribution in [0.25, 0.3) is 0 Å². The summed E-state index contributed by atoms with van der Waals surface area (Å²) < 4.78 is 10.5. The number of morpholine rings is 1. The normalized spacial score (nSPS) is 19.1. The molecule has 1 heterocycles.